The van der Waals surface area contributed by atoms with Crippen molar-refractivity contribution in [2.75, 3.05) is 6.54 Å². The molecule has 7 heteroatoms. The number of sulfonamides is 1. The van der Waals surface area contributed by atoms with Crippen molar-refractivity contribution in [3.63, 3.8) is 0 Å². The monoisotopic (exact) mass is 323 g/mol. The van der Waals surface area contributed by atoms with Crippen LogP contribution in [0.4, 0.5) is 0 Å². The molecule has 1 aromatic rings. The van der Waals surface area contributed by atoms with Gasteiger partial charge in [-0.1, -0.05) is 11.6 Å². The van der Waals surface area contributed by atoms with Crippen LogP contribution in [0.25, 0.3) is 0 Å². The molecule has 0 spiro atoms. The summed E-state index contributed by atoms with van der Waals surface area (Å²) in [4.78, 5) is 0. The van der Waals surface area contributed by atoms with Gasteiger partial charge in [0, 0.05) is 6.54 Å². The molecule has 1 heterocycles. The molecule has 4 nitrogen and oxygen atoms in total. The predicted molar refractivity (Wildman–Crippen MR) is 77.2 cm³/mol. The molecule has 0 unspecified atom stereocenters. The summed E-state index contributed by atoms with van der Waals surface area (Å²) in [5.41, 5.74) is 0.785. The maximum atomic E-state index is 12.1. The number of nitrogens with one attached hydrogen (secondary N) is 1. The average Bonchev–Trinajstić information content (AvgIpc) is 2.70. The lowest BCUT2D eigenvalue weighted by molar-refractivity contribution is 0.110. The zero-order valence-corrected chi connectivity index (χ0v) is 13.1. The fourth-order valence-corrected chi connectivity index (χ4v) is 5.08. The van der Waals surface area contributed by atoms with Crippen LogP contribution in [0.1, 0.15) is 31.2 Å². The van der Waals surface area contributed by atoms with Crippen LogP contribution in [0.2, 0.25) is 4.34 Å². The minimum atomic E-state index is -3.45. The number of aliphatic hydroxyl groups is 1. The van der Waals surface area contributed by atoms with Crippen LogP contribution in [-0.2, 0) is 10.0 Å². The maximum Gasteiger partial charge on any atom is 0.250 e. The number of halogens is 1. The smallest absolute Gasteiger partial charge is 0.250 e. The summed E-state index contributed by atoms with van der Waals surface area (Å²) in [5, 5.41) is 9.41. The predicted octanol–water partition coefficient (Wildman–Crippen LogP) is 2.54. The summed E-state index contributed by atoms with van der Waals surface area (Å²) in [5.74, 6) is 0.315. The second kappa shape index (κ2) is 6.10. The minimum Gasteiger partial charge on any atom is -0.393 e. The Morgan fingerprint density at radius 1 is 1.42 bits per heavy atom. The van der Waals surface area contributed by atoms with Crippen LogP contribution in [-0.4, -0.2) is 26.2 Å². The third-order valence-electron chi connectivity index (χ3n) is 3.48. The van der Waals surface area contributed by atoms with Gasteiger partial charge >= 0.3 is 0 Å². The summed E-state index contributed by atoms with van der Waals surface area (Å²) in [6, 6.07) is 1.60. The van der Waals surface area contributed by atoms with Gasteiger partial charge in [-0.25, -0.2) is 13.1 Å². The molecule has 108 valence electrons. The largest absolute Gasteiger partial charge is 0.393 e. The number of rotatable bonds is 4. The van der Waals surface area contributed by atoms with Crippen molar-refractivity contribution >= 4 is 33.0 Å². The quantitative estimate of drug-likeness (QED) is 0.894. The lowest BCUT2D eigenvalue weighted by Crippen LogP contribution is -2.31. The first-order chi connectivity index (χ1) is 8.88. The lowest BCUT2D eigenvalue weighted by atomic mass is 9.88. The van der Waals surface area contributed by atoms with Crippen LogP contribution in [0.3, 0.4) is 0 Å². The molecule has 2 N–H and O–H groups in total. The van der Waals surface area contributed by atoms with Gasteiger partial charge in [-0.15, -0.1) is 11.3 Å². The first-order valence-corrected chi connectivity index (χ1v) is 9.00. The molecule has 1 aromatic heterocycles. The standard InChI is InChI=1S/C12H18ClNO3S2/c1-8-6-11(18-12(8)13)19(16,17)14-7-9-2-4-10(15)5-3-9/h6,9-10,14-15H,2-5,7H2,1H3. The van der Waals surface area contributed by atoms with Gasteiger partial charge in [0.2, 0.25) is 10.0 Å². The summed E-state index contributed by atoms with van der Waals surface area (Å²) < 4.78 is 27.6. The molecule has 0 aromatic carbocycles. The molecule has 0 radical (unpaired) electrons. The molecule has 2 rings (SSSR count). The Labute approximate surface area is 122 Å². The van der Waals surface area contributed by atoms with Gasteiger partial charge in [0.15, 0.2) is 0 Å². The van der Waals surface area contributed by atoms with E-state index in [1.165, 1.54) is 0 Å². The second-order valence-corrected chi connectivity index (χ2v) is 8.70. The van der Waals surface area contributed by atoms with E-state index in [2.05, 4.69) is 4.72 Å². The summed E-state index contributed by atoms with van der Waals surface area (Å²) in [6.45, 7) is 2.23. The molecule has 0 amide bonds. The van der Waals surface area contributed by atoms with Crippen molar-refractivity contribution in [3.05, 3.63) is 16.0 Å². The molecular formula is C12H18ClNO3S2. The second-order valence-electron chi connectivity index (χ2n) is 5.05. The molecule has 1 aliphatic rings. The summed E-state index contributed by atoms with van der Waals surface area (Å²) in [6.07, 6.45) is 3.04. The first kappa shape index (κ1) is 15.3. The fraction of sp³-hybridized carbons (Fsp3) is 0.667. The van der Waals surface area contributed by atoms with E-state index in [0.717, 1.165) is 42.6 Å². The van der Waals surface area contributed by atoms with Crippen molar-refractivity contribution in [1.82, 2.24) is 4.72 Å². The Balaban J connectivity index is 1.94. The highest BCUT2D eigenvalue weighted by molar-refractivity contribution is 7.91. The molecule has 1 aliphatic carbocycles. The molecular weight excluding hydrogens is 306 g/mol. The van der Waals surface area contributed by atoms with Gasteiger partial charge < -0.3 is 5.11 Å². The van der Waals surface area contributed by atoms with Crippen molar-refractivity contribution in [2.45, 2.75) is 42.9 Å². The van der Waals surface area contributed by atoms with E-state index >= 15 is 0 Å². The van der Waals surface area contributed by atoms with Crippen molar-refractivity contribution in [3.8, 4) is 0 Å². The number of hydrogen-bond acceptors (Lipinski definition) is 4. The van der Waals surface area contributed by atoms with E-state index in [1.807, 2.05) is 0 Å². The molecule has 0 bridgehead atoms. The van der Waals surface area contributed by atoms with Crippen molar-refractivity contribution < 1.29 is 13.5 Å². The van der Waals surface area contributed by atoms with E-state index in [0.29, 0.717) is 16.8 Å². The van der Waals surface area contributed by atoms with E-state index in [1.54, 1.807) is 13.0 Å². The Morgan fingerprint density at radius 2 is 2.05 bits per heavy atom. The van der Waals surface area contributed by atoms with E-state index in [-0.39, 0.29) is 10.3 Å². The summed E-state index contributed by atoms with van der Waals surface area (Å²) in [7, 11) is -3.45. The van der Waals surface area contributed by atoms with Crippen LogP contribution < -0.4 is 4.72 Å². The van der Waals surface area contributed by atoms with E-state index < -0.39 is 10.0 Å². The van der Waals surface area contributed by atoms with Gasteiger partial charge in [-0.05, 0) is 50.2 Å². The van der Waals surface area contributed by atoms with E-state index in [4.69, 9.17) is 11.6 Å². The number of thiophene rings is 1. The lowest BCUT2D eigenvalue weighted by Gasteiger charge is -2.25. The topological polar surface area (TPSA) is 66.4 Å². The molecule has 0 aliphatic heterocycles. The maximum absolute atomic E-state index is 12.1. The molecule has 19 heavy (non-hydrogen) atoms. The molecule has 1 saturated carbocycles. The van der Waals surface area contributed by atoms with Gasteiger partial charge in [0.05, 0.1) is 10.4 Å². The zero-order valence-electron chi connectivity index (χ0n) is 10.7. The first-order valence-electron chi connectivity index (χ1n) is 6.32. The highest BCUT2D eigenvalue weighted by atomic mass is 35.5. The fourth-order valence-electron chi connectivity index (χ4n) is 2.21. The Hall–Kier alpha value is -0.140. The minimum absolute atomic E-state index is 0.216. The Kier molecular flexibility index (Phi) is 4.89. The van der Waals surface area contributed by atoms with Crippen LogP contribution in [0.15, 0.2) is 10.3 Å². The Morgan fingerprint density at radius 3 is 2.58 bits per heavy atom. The highest BCUT2D eigenvalue weighted by Crippen LogP contribution is 2.30. The third-order valence-corrected chi connectivity index (χ3v) is 6.93. The van der Waals surface area contributed by atoms with Crippen LogP contribution in [0.5, 0.6) is 0 Å². The van der Waals surface area contributed by atoms with E-state index in [9.17, 15) is 13.5 Å². The van der Waals surface area contributed by atoms with Crippen molar-refractivity contribution in [1.29, 1.82) is 0 Å². The SMILES string of the molecule is Cc1cc(S(=O)(=O)NCC2CCC(O)CC2)sc1Cl. The molecule has 1 fully saturated rings. The molecule has 0 atom stereocenters. The van der Waals surface area contributed by atoms with Crippen molar-refractivity contribution in [2.24, 2.45) is 5.92 Å². The van der Waals surface area contributed by atoms with Crippen LogP contribution in [0, 0.1) is 12.8 Å². The van der Waals surface area contributed by atoms with Gasteiger partial charge in [0.1, 0.15) is 4.21 Å². The Bertz CT molecular complexity index is 514. The number of aryl methyl sites for hydroxylation is 1. The summed E-state index contributed by atoms with van der Waals surface area (Å²) >= 11 is 6.98. The van der Waals surface area contributed by atoms with Gasteiger partial charge in [-0.2, -0.15) is 0 Å². The number of hydrogen-bond donors (Lipinski definition) is 2. The third kappa shape index (κ3) is 3.92. The van der Waals surface area contributed by atoms with Crippen LogP contribution >= 0.6 is 22.9 Å². The van der Waals surface area contributed by atoms with Gasteiger partial charge in [0.25, 0.3) is 0 Å². The average molecular weight is 324 g/mol. The highest BCUT2D eigenvalue weighted by Gasteiger charge is 2.23. The van der Waals surface area contributed by atoms with Gasteiger partial charge in [-0.3, -0.25) is 0 Å². The number of aliphatic hydroxyl groups excluding tert-OH is 1. The normalized spacial score (nSPS) is 24.6. The zero-order chi connectivity index (χ0) is 14.0. The molecule has 0 saturated heterocycles.